The standard InChI is InChI=1S/C22H31N3O.ClH/c1-4-23-15-19-10-12-24(13-11-19)22(26)21-14-17(2)25(18(21)3)16-20-8-6-5-7-9-20;/h5-9,14,19,23H,4,10-13,15-16H2,1-3H3;1H. The van der Waals surface area contributed by atoms with Crippen molar-refractivity contribution in [1.82, 2.24) is 14.8 Å². The molecule has 0 unspecified atom stereocenters. The van der Waals surface area contributed by atoms with E-state index in [4.69, 9.17) is 0 Å². The summed E-state index contributed by atoms with van der Waals surface area (Å²) in [6, 6.07) is 12.5. The number of likely N-dealkylation sites (tertiary alicyclic amines) is 1. The number of piperidine rings is 1. The SMILES string of the molecule is CCNCC1CCN(C(=O)c2cc(C)n(Cc3ccccc3)c2C)CC1.Cl. The lowest BCUT2D eigenvalue weighted by Crippen LogP contribution is -2.40. The monoisotopic (exact) mass is 389 g/mol. The lowest BCUT2D eigenvalue weighted by molar-refractivity contribution is 0.0689. The van der Waals surface area contributed by atoms with Gasteiger partial charge in [-0.05, 0) is 57.3 Å². The zero-order chi connectivity index (χ0) is 18.5. The predicted molar refractivity (Wildman–Crippen MR) is 114 cm³/mol. The Bertz CT molecular complexity index is 734. The third-order valence-corrected chi connectivity index (χ3v) is 5.57. The summed E-state index contributed by atoms with van der Waals surface area (Å²) in [7, 11) is 0. The van der Waals surface area contributed by atoms with Gasteiger partial charge in [-0.25, -0.2) is 0 Å². The zero-order valence-electron chi connectivity index (χ0n) is 16.7. The second kappa shape index (κ2) is 9.95. The van der Waals surface area contributed by atoms with Gasteiger partial charge in [0.1, 0.15) is 0 Å². The number of amides is 1. The van der Waals surface area contributed by atoms with Gasteiger partial charge in [0.05, 0.1) is 5.56 Å². The Morgan fingerprint density at radius 1 is 1.15 bits per heavy atom. The molecule has 2 heterocycles. The summed E-state index contributed by atoms with van der Waals surface area (Å²) >= 11 is 0. The highest BCUT2D eigenvalue weighted by Gasteiger charge is 2.26. The molecule has 148 valence electrons. The molecule has 1 aromatic carbocycles. The number of hydrogen-bond donors (Lipinski definition) is 1. The van der Waals surface area contributed by atoms with Crippen molar-refractivity contribution in [3.8, 4) is 0 Å². The molecule has 1 N–H and O–H groups in total. The molecule has 0 bridgehead atoms. The van der Waals surface area contributed by atoms with Crippen LogP contribution in [0.15, 0.2) is 36.4 Å². The number of nitrogens with zero attached hydrogens (tertiary/aromatic N) is 2. The number of benzene rings is 1. The van der Waals surface area contributed by atoms with Crippen molar-refractivity contribution in [1.29, 1.82) is 0 Å². The maximum absolute atomic E-state index is 13.1. The molecule has 1 aromatic heterocycles. The number of aromatic nitrogens is 1. The lowest BCUT2D eigenvalue weighted by atomic mass is 9.96. The summed E-state index contributed by atoms with van der Waals surface area (Å²) in [5.74, 6) is 0.892. The maximum Gasteiger partial charge on any atom is 0.255 e. The Kier molecular flexibility index (Phi) is 7.93. The number of rotatable bonds is 6. The molecule has 1 aliphatic heterocycles. The van der Waals surface area contributed by atoms with Gasteiger partial charge in [0, 0.05) is 31.0 Å². The first-order valence-electron chi connectivity index (χ1n) is 9.80. The predicted octanol–water partition coefficient (Wildman–Crippen LogP) is 4.04. The molecule has 1 fully saturated rings. The van der Waals surface area contributed by atoms with Crippen LogP contribution in [0.5, 0.6) is 0 Å². The molecule has 5 heteroatoms. The summed E-state index contributed by atoms with van der Waals surface area (Å²) < 4.78 is 2.25. The highest BCUT2D eigenvalue weighted by atomic mass is 35.5. The topological polar surface area (TPSA) is 37.3 Å². The molecule has 1 aliphatic rings. The van der Waals surface area contributed by atoms with Gasteiger partial charge >= 0.3 is 0 Å². The third-order valence-electron chi connectivity index (χ3n) is 5.57. The molecule has 2 aromatic rings. The minimum absolute atomic E-state index is 0. The van der Waals surface area contributed by atoms with Gasteiger partial charge in [0.2, 0.25) is 0 Å². The van der Waals surface area contributed by atoms with Gasteiger partial charge in [-0.1, -0.05) is 37.3 Å². The van der Waals surface area contributed by atoms with E-state index in [1.165, 1.54) is 5.56 Å². The second-order valence-electron chi connectivity index (χ2n) is 7.40. The van der Waals surface area contributed by atoms with Crippen LogP contribution in [-0.4, -0.2) is 41.6 Å². The summed E-state index contributed by atoms with van der Waals surface area (Å²) in [4.78, 5) is 15.1. The Balaban J connectivity index is 0.00000261. The first kappa shape index (κ1) is 21.5. The van der Waals surface area contributed by atoms with Crippen LogP contribution in [0.3, 0.4) is 0 Å². The molecule has 4 nitrogen and oxygen atoms in total. The molecule has 0 radical (unpaired) electrons. The van der Waals surface area contributed by atoms with Crippen molar-refractivity contribution >= 4 is 18.3 Å². The van der Waals surface area contributed by atoms with Gasteiger partial charge < -0.3 is 14.8 Å². The zero-order valence-corrected chi connectivity index (χ0v) is 17.5. The Morgan fingerprint density at radius 3 is 2.44 bits per heavy atom. The molecule has 0 atom stereocenters. The molecule has 3 rings (SSSR count). The van der Waals surface area contributed by atoms with Crippen LogP contribution in [0.4, 0.5) is 0 Å². The molecule has 1 amide bonds. The molecule has 0 aliphatic carbocycles. The van der Waals surface area contributed by atoms with E-state index in [1.54, 1.807) is 0 Å². The van der Waals surface area contributed by atoms with Gasteiger partial charge in [-0.15, -0.1) is 12.4 Å². The molecule has 27 heavy (non-hydrogen) atoms. The van der Waals surface area contributed by atoms with Crippen molar-refractivity contribution in [2.45, 2.75) is 40.2 Å². The van der Waals surface area contributed by atoms with Crippen LogP contribution < -0.4 is 5.32 Å². The Morgan fingerprint density at radius 2 is 1.81 bits per heavy atom. The van der Waals surface area contributed by atoms with Crippen molar-refractivity contribution in [3.05, 3.63) is 58.9 Å². The van der Waals surface area contributed by atoms with Gasteiger partial charge in [-0.2, -0.15) is 0 Å². The second-order valence-corrected chi connectivity index (χ2v) is 7.40. The fraction of sp³-hybridized carbons (Fsp3) is 0.500. The van der Waals surface area contributed by atoms with Crippen LogP contribution >= 0.6 is 12.4 Å². The van der Waals surface area contributed by atoms with E-state index in [2.05, 4.69) is 61.0 Å². The molecule has 0 spiro atoms. The third kappa shape index (κ3) is 5.14. The highest BCUT2D eigenvalue weighted by molar-refractivity contribution is 5.95. The van der Waals surface area contributed by atoms with Gasteiger partial charge in [0.25, 0.3) is 5.91 Å². The van der Waals surface area contributed by atoms with E-state index in [1.807, 2.05) is 11.0 Å². The average Bonchev–Trinajstić information content (AvgIpc) is 2.95. The van der Waals surface area contributed by atoms with Gasteiger partial charge in [0.15, 0.2) is 0 Å². The minimum Gasteiger partial charge on any atom is -0.344 e. The molecular weight excluding hydrogens is 358 g/mol. The number of nitrogens with one attached hydrogen (secondary N) is 1. The van der Waals surface area contributed by atoms with E-state index in [-0.39, 0.29) is 18.3 Å². The summed E-state index contributed by atoms with van der Waals surface area (Å²) in [5.41, 5.74) is 4.35. The fourth-order valence-electron chi connectivity index (χ4n) is 3.89. The van der Waals surface area contributed by atoms with Crippen molar-refractivity contribution in [3.63, 3.8) is 0 Å². The van der Waals surface area contributed by atoms with Crippen molar-refractivity contribution in [2.24, 2.45) is 5.92 Å². The number of aryl methyl sites for hydroxylation is 1. The molecular formula is C22H32ClN3O. The normalized spacial score (nSPS) is 14.9. The number of halogens is 1. The van der Waals surface area contributed by atoms with E-state index in [0.29, 0.717) is 5.92 Å². The van der Waals surface area contributed by atoms with Crippen LogP contribution in [0.1, 0.15) is 47.1 Å². The summed E-state index contributed by atoms with van der Waals surface area (Å²) in [5, 5.41) is 3.43. The average molecular weight is 390 g/mol. The smallest absolute Gasteiger partial charge is 0.255 e. The molecule has 0 saturated carbocycles. The maximum atomic E-state index is 13.1. The van der Waals surface area contributed by atoms with Crippen LogP contribution in [-0.2, 0) is 6.54 Å². The minimum atomic E-state index is 0. The van der Waals surface area contributed by atoms with Crippen LogP contribution in [0.25, 0.3) is 0 Å². The highest BCUT2D eigenvalue weighted by Crippen LogP contribution is 2.22. The lowest BCUT2D eigenvalue weighted by Gasteiger charge is -2.32. The fourth-order valence-corrected chi connectivity index (χ4v) is 3.89. The van der Waals surface area contributed by atoms with Gasteiger partial charge in [-0.3, -0.25) is 4.79 Å². The van der Waals surface area contributed by atoms with Crippen molar-refractivity contribution in [2.75, 3.05) is 26.2 Å². The van der Waals surface area contributed by atoms with Crippen molar-refractivity contribution < 1.29 is 4.79 Å². The number of carbonyl (C=O) groups is 1. The van der Waals surface area contributed by atoms with E-state index < -0.39 is 0 Å². The van der Waals surface area contributed by atoms with E-state index in [0.717, 1.165) is 62.5 Å². The van der Waals surface area contributed by atoms with E-state index >= 15 is 0 Å². The van der Waals surface area contributed by atoms with E-state index in [9.17, 15) is 4.79 Å². The Hall–Kier alpha value is -1.78. The number of carbonyl (C=O) groups excluding carboxylic acids is 1. The summed E-state index contributed by atoms with van der Waals surface area (Å²) in [6.07, 6.45) is 2.20. The first-order valence-corrected chi connectivity index (χ1v) is 9.80. The quantitative estimate of drug-likeness (QED) is 0.809. The molecule has 1 saturated heterocycles. The Labute approximate surface area is 169 Å². The summed E-state index contributed by atoms with van der Waals surface area (Å²) in [6.45, 7) is 11.0. The first-order chi connectivity index (χ1) is 12.6. The van der Waals surface area contributed by atoms with Crippen LogP contribution in [0.2, 0.25) is 0 Å². The van der Waals surface area contributed by atoms with Crippen LogP contribution in [0, 0.1) is 19.8 Å². The largest absolute Gasteiger partial charge is 0.344 e. The number of hydrogen-bond acceptors (Lipinski definition) is 2.